The Balaban J connectivity index is 0.000000791. The fourth-order valence-corrected chi connectivity index (χ4v) is 1.83. The zero-order chi connectivity index (χ0) is 11.0. The van der Waals surface area contributed by atoms with Crippen molar-refractivity contribution in [1.29, 1.82) is 0 Å². The molecule has 1 rings (SSSR count). The third-order valence-corrected chi connectivity index (χ3v) is 2.82. The van der Waals surface area contributed by atoms with Crippen LogP contribution in [-0.4, -0.2) is 0 Å². The van der Waals surface area contributed by atoms with E-state index in [2.05, 4.69) is 32.9 Å². The van der Waals surface area contributed by atoms with Crippen molar-refractivity contribution in [3.63, 3.8) is 0 Å². The molecule has 0 heteroatoms. The molecule has 1 aliphatic rings. The predicted octanol–water partition coefficient (Wildman–Crippen LogP) is 5.12. The zero-order valence-electron chi connectivity index (χ0n) is 10.6. The standard InChI is InChI=1S/C12H20.C2H6/c1-4-10(3)12-9-7-6-8-11(12)5-2;1-2/h8-10H,4-7H2,1-3H3;1-2H3. The van der Waals surface area contributed by atoms with E-state index >= 15 is 0 Å². The van der Waals surface area contributed by atoms with Gasteiger partial charge in [0.25, 0.3) is 0 Å². The van der Waals surface area contributed by atoms with Crippen molar-refractivity contribution in [2.75, 3.05) is 0 Å². The van der Waals surface area contributed by atoms with Crippen LogP contribution in [0, 0.1) is 5.92 Å². The molecule has 1 aliphatic carbocycles. The van der Waals surface area contributed by atoms with Crippen LogP contribution in [-0.2, 0) is 0 Å². The smallest absolute Gasteiger partial charge is 0.0194 e. The molecule has 0 N–H and O–H groups in total. The minimum Gasteiger partial charge on any atom is -0.0807 e. The number of rotatable bonds is 3. The summed E-state index contributed by atoms with van der Waals surface area (Å²) in [5.41, 5.74) is 3.21. The highest BCUT2D eigenvalue weighted by molar-refractivity contribution is 5.34. The van der Waals surface area contributed by atoms with E-state index in [4.69, 9.17) is 0 Å². The van der Waals surface area contributed by atoms with E-state index in [0.29, 0.717) is 0 Å². The van der Waals surface area contributed by atoms with Gasteiger partial charge in [0.1, 0.15) is 0 Å². The second-order valence-corrected chi connectivity index (χ2v) is 3.63. The Morgan fingerprint density at radius 2 is 1.71 bits per heavy atom. The molecule has 0 amide bonds. The highest BCUT2D eigenvalue weighted by Gasteiger charge is 2.12. The molecule has 0 aromatic carbocycles. The molecule has 1 atom stereocenters. The van der Waals surface area contributed by atoms with Gasteiger partial charge in [-0.3, -0.25) is 0 Å². The van der Waals surface area contributed by atoms with Gasteiger partial charge < -0.3 is 0 Å². The lowest BCUT2D eigenvalue weighted by Gasteiger charge is -2.20. The van der Waals surface area contributed by atoms with Gasteiger partial charge in [-0.1, -0.05) is 46.8 Å². The SMILES string of the molecule is CC.CCC1=CCCC=C1C(C)CC. The van der Waals surface area contributed by atoms with Gasteiger partial charge in [0.05, 0.1) is 0 Å². The molecule has 0 saturated carbocycles. The predicted molar refractivity (Wildman–Crippen MR) is 66.5 cm³/mol. The van der Waals surface area contributed by atoms with E-state index in [1.165, 1.54) is 25.7 Å². The average Bonchev–Trinajstić information content (AvgIpc) is 2.30. The fraction of sp³-hybridized carbons (Fsp3) is 0.714. The van der Waals surface area contributed by atoms with Crippen molar-refractivity contribution in [3.05, 3.63) is 23.3 Å². The van der Waals surface area contributed by atoms with Crippen molar-refractivity contribution in [2.45, 2.75) is 60.3 Å². The van der Waals surface area contributed by atoms with Crippen LogP contribution in [0.25, 0.3) is 0 Å². The summed E-state index contributed by atoms with van der Waals surface area (Å²) in [5.74, 6) is 0.761. The maximum absolute atomic E-state index is 2.44. The third kappa shape index (κ3) is 3.69. The Hall–Kier alpha value is -0.520. The third-order valence-electron chi connectivity index (χ3n) is 2.82. The Morgan fingerprint density at radius 3 is 2.21 bits per heavy atom. The molecule has 0 aromatic heterocycles. The highest BCUT2D eigenvalue weighted by atomic mass is 14.2. The van der Waals surface area contributed by atoms with Crippen molar-refractivity contribution in [3.8, 4) is 0 Å². The topological polar surface area (TPSA) is 0 Å². The van der Waals surface area contributed by atoms with E-state index in [1.807, 2.05) is 13.8 Å². The lowest BCUT2D eigenvalue weighted by molar-refractivity contribution is 0.646. The van der Waals surface area contributed by atoms with Crippen molar-refractivity contribution in [2.24, 2.45) is 5.92 Å². The summed E-state index contributed by atoms with van der Waals surface area (Å²) in [6, 6.07) is 0. The van der Waals surface area contributed by atoms with Crippen LogP contribution in [0.5, 0.6) is 0 Å². The molecule has 0 spiro atoms. The maximum atomic E-state index is 2.44. The molecular weight excluding hydrogens is 168 g/mol. The van der Waals surface area contributed by atoms with Crippen LogP contribution >= 0.6 is 0 Å². The molecule has 0 aromatic rings. The van der Waals surface area contributed by atoms with Gasteiger partial charge >= 0.3 is 0 Å². The summed E-state index contributed by atoms with van der Waals surface area (Å²) in [5, 5.41) is 0. The molecule has 14 heavy (non-hydrogen) atoms. The van der Waals surface area contributed by atoms with Crippen LogP contribution in [0.1, 0.15) is 60.3 Å². The minimum atomic E-state index is 0.761. The molecule has 0 nitrogen and oxygen atoms in total. The molecule has 0 bridgehead atoms. The second kappa shape index (κ2) is 7.84. The fourth-order valence-electron chi connectivity index (χ4n) is 1.83. The van der Waals surface area contributed by atoms with Crippen molar-refractivity contribution in [1.82, 2.24) is 0 Å². The minimum absolute atomic E-state index is 0.761. The molecule has 0 radical (unpaired) electrons. The molecular formula is C14H26. The summed E-state index contributed by atoms with van der Waals surface area (Å²) in [6.45, 7) is 10.9. The van der Waals surface area contributed by atoms with Crippen molar-refractivity contribution < 1.29 is 0 Å². The second-order valence-electron chi connectivity index (χ2n) is 3.63. The van der Waals surface area contributed by atoms with Crippen LogP contribution in [0.3, 0.4) is 0 Å². The Bertz CT molecular complexity index is 196. The van der Waals surface area contributed by atoms with E-state index < -0.39 is 0 Å². The van der Waals surface area contributed by atoms with E-state index in [0.717, 1.165) is 5.92 Å². The van der Waals surface area contributed by atoms with Gasteiger partial charge in [0.2, 0.25) is 0 Å². The van der Waals surface area contributed by atoms with Gasteiger partial charge in [-0.2, -0.15) is 0 Å². The van der Waals surface area contributed by atoms with Gasteiger partial charge in [0.15, 0.2) is 0 Å². The van der Waals surface area contributed by atoms with Gasteiger partial charge in [-0.15, -0.1) is 0 Å². The van der Waals surface area contributed by atoms with Crippen LogP contribution in [0.4, 0.5) is 0 Å². The van der Waals surface area contributed by atoms with Crippen LogP contribution < -0.4 is 0 Å². The number of hydrogen-bond acceptors (Lipinski definition) is 0. The first kappa shape index (κ1) is 13.5. The molecule has 0 heterocycles. The molecule has 0 saturated heterocycles. The average molecular weight is 194 g/mol. The largest absolute Gasteiger partial charge is 0.0807 e. The van der Waals surface area contributed by atoms with Gasteiger partial charge in [0, 0.05) is 0 Å². The Kier molecular flexibility index (Phi) is 7.55. The molecule has 1 unspecified atom stereocenters. The normalized spacial score (nSPS) is 17.5. The van der Waals surface area contributed by atoms with Crippen LogP contribution in [0.2, 0.25) is 0 Å². The van der Waals surface area contributed by atoms with E-state index in [9.17, 15) is 0 Å². The van der Waals surface area contributed by atoms with Gasteiger partial charge in [-0.25, -0.2) is 0 Å². The highest BCUT2D eigenvalue weighted by Crippen LogP contribution is 2.28. The Labute approximate surface area is 90.1 Å². The first-order valence-corrected chi connectivity index (χ1v) is 6.19. The first-order valence-electron chi connectivity index (χ1n) is 6.19. The zero-order valence-corrected chi connectivity index (χ0v) is 10.6. The summed E-state index contributed by atoms with van der Waals surface area (Å²) in [6.07, 6.45) is 9.83. The Morgan fingerprint density at radius 1 is 1.14 bits per heavy atom. The number of hydrogen-bond donors (Lipinski definition) is 0. The lowest BCUT2D eigenvalue weighted by atomic mass is 9.86. The van der Waals surface area contributed by atoms with Crippen molar-refractivity contribution >= 4 is 0 Å². The molecule has 0 fully saturated rings. The van der Waals surface area contributed by atoms with E-state index in [-0.39, 0.29) is 0 Å². The summed E-state index contributed by atoms with van der Waals surface area (Å²) in [4.78, 5) is 0. The number of allylic oxidation sites excluding steroid dienone is 4. The quantitative estimate of drug-likeness (QED) is 0.585. The summed E-state index contributed by atoms with van der Waals surface area (Å²) >= 11 is 0. The maximum Gasteiger partial charge on any atom is -0.0194 e. The monoisotopic (exact) mass is 194 g/mol. The summed E-state index contributed by atoms with van der Waals surface area (Å²) < 4.78 is 0. The molecule has 82 valence electrons. The van der Waals surface area contributed by atoms with E-state index in [1.54, 1.807) is 11.1 Å². The summed E-state index contributed by atoms with van der Waals surface area (Å²) in [7, 11) is 0. The first-order chi connectivity index (χ1) is 6.79. The molecule has 0 aliphatic heterocycles. The lowest BCUT2D eigenvalue weighted by Crippen LogP contribution is -2.03. The van der Waals surface area contributed by atoms with Crippen LogP contribution in [0.15, 0.2) is 23.3 Å². The van der Waals surface area contributed by atoms with Gasteiger partial charge in [-0.05, 0) is 42.7 Å².